The van der Waals surface area contributed by atoms with Crippen LogP contribution >= 0.6 is 15.9 Å². The van der Waals surface area contributed by atoms with Crippen LogP contribution in [0.25, 0.3) is 0 Å². The highest BCUT2D eigenvalue weighted by Crippen LogP contribution is 2.28. The van der Waals surface area contributed by atoms with Crippen molar-refractivity contribution in [3.63, 3.8) is 0 Å². The smallest absolute Gasteiger partial charge is 0.109 e. The molecular weight excluding hydrogens is 276 g/mol. The molecule has 0 atom stereocenters. The van der Waals surface area contributed by atoms with E-state index in [2.05, 4.69) is 46.1 Å². The summed E-state index contributed by atoms with van der Waals surface area (Å²) in [5, 5.41) is 3.51. The fourth-order valence-corrected chi connectivity index (χ4v) is 2.67. The van der Waals surface area contributed by atoms with Crippen molar-refractivity contribution in [2.45, 2.75) is 39.5 Å². The zero-order valence-corrected chi connectivity index (χ0v) is 12.3. The minimum absolute atomic E-state index is 0.843. The predicted octanol–water partition coefficient (Wildman–Crippen LogP) is 4.39. The van der Waals surface area contributed by atoms with Crippen LogP contribution < -0.4 is 5.32 Å². The third-order valence-corrected chi connectivity index (χ3v) is 4.57. The third kappa shape index (κ3) is 3.70. The van der Waals surface area contributed by atoms with Gasteiger partial charge in [0.2, 0.25) is 0 Å². The minimum atomic E-state index is 0.843. The molecule has 2 nitrogen and oxygen atoms in total. The standard InChI is InChI=1S/C14H21BrN2/c1-10-3-5-12(6-4-10)8-16-13-7-11(2)14(15)17-9-13/h7,9-10,12,16H,3-6,8H2,1-2H3. The van der Waals surface area contributed by atoms with E-state index in [0.717, 1.165) is 28.7 Å². The molecule has 0 bridgehead atoms. The second-order valence-corrected chi connectivity index (χ2v) is 6.09. The second-order valence-electron chi connectivity index (χ2n) is 5.34. The largest absolute Gasteiger partial charge is 0.384 e. The lowest BCUT2D eigenvalue weighted by Crippen LogP contribution is -2.20. The molecule has 0 aliphatic heterocycles. The van der Waals surface area contributed by atoms with Gasteiger partial charge >= 0.3 is 0 Å². The van der Waals surface area contributed by atoms with Crippen LogP contribution in [0.5, 0.6) is 0 Å². The average molecular weight is 297 g/mol. The van der Waals surface area contributed by atoms with E-state index < -0.39 is 0 Å². The van der Waals surface area contributed by atoms with Gasteiger partial charge in [0.05, 0.1) is 11.9 Å². The predicted molar refractivity (Wildman–Crippen MR) is 76.3 cm³/mol. The molecule has 2 rings (SSSR count). The van der Waals surface area contributed by atoms with Gasteiger partial charge in [-0.2, -0.15) is 0 Å². The first-order chi connectivity index (χ1) is 8.15. The van der Waals surface area contributed by atoms with Crippen molar-refractivity contribution < 1.29 is 0 Å². The first-order valence-corrected chi connectivity index (χ1v) is 7.30. The Morgan fingerprint density at radius 1 is 1.35 bits per heavy atom. The fraction of sp³-hybridized carbons (Fsp3) is 0.643. The molecule has 1 aromatic heterocycles. The molecule has 1 aliphatic rings. The Kier molecular flexibility index (Phi) is 4.43. The van der Waals surface area contributed by atoms with Crippen LogP contribution in [-0.4, -0.2) is 11.5 Å². The van der Waals surface area contributed by atoms with Crippen LogP contribution in [0.15, 0.2) is 16.9 Å². The maximum atomic E-state index is 4.31. The molecule has 0 saturated heterocycles. The fourth-order valence-electron chi connectivity index (χ4n) is 2.45. The number of anilines is 1. The summed E-state index contributed by atoms with van der Waals surface area (Å²) in [5.41, 5.74) is 2.33. The summed E-state index contributed by atoms with van der Waals surface area (Å²) in [7, 11) is 0. The summed E-state index contributed by atoms with van der Waals surface area (Å²) in [6.07, 6.45) is 7.44. The van der Waals surface area contributed by atoms with Gasteiger partial charge in [-0.05, 0) is 59.2 Å². The van der Waals surface area contributed by atoms with E-state index >= 15 is 0 Å². The van der Waals surface area contributed by atoms with Gasteiger partial charge in [0, 0.05) is 6.54 Å². The molecule has 1 heterocycles. The quantitative estimate of drug-likeness (QED) is 0.837. The number of nitrogens with zero attached hydrogens (tertiary/aromatic N) is 1. The van der Waals surface area contributed by atoms with Crippen LogP contribution in [0.1, 0.15) is 38.2 Å². The van der Waals surface area contributed by atoms with E-state index in [-0.39, 0.29) is 0 Å². The van der Waals surface area contributed by atoms with Crippen LogP contribution in [0.2, 0.25) is 0 Å². The number of rotatable bonds is 3. The first-order valence-electron chi connectivity index (χ1n) is 6.51. The van der Waals surface area contributed by atoms with Gasteiger partial charge in [0.25, 0.3) is 0 Å². The summed E-state index contributed by atoms with van der Waals surface area (Å²) in [5.74, 6) is 1.78. The van der Waals surface area contributed by atoms with Gasteiger partial charge in [-0.3, -0.25) is 0 Å². The van der Waals surface area contributed by atoms with Crippen molar-refractivity contribution in [2.75, 3.05) is 11.9 Å². The number of hydrogen-bond acceptors (Lipinski definition) is 2. The Hall–Kier alpha value is -0.570. The van der Waals surface area contributed by atoms with Crippen LogP contribution in [-0.2, 0) is 0 Å². The molecule has 1 fully saturated rings. The maximum Gasteiger partial charge on any atom is 0.109 e. The van der Waals surface area contributed by atoms with Gasteiger partial charge in [-0.1, -0.05) is 19.8 Å². The summed E-state index contributed by atoms with van der Waals surface area (Å²) < 4.78 is 0.939. The van der Waals surface area contributed by atoms with Crippen molar-refractivity contribution in [2.24, 2.45) is 11.8 Å². The van der Waals surface area contributed by atoms with E-state index in [1.54, 1.807) is 0 Å². The van der Waals surface area contributed by atoms with E-state index in [0.29, 0.717) is 0 Å². The molecule has 1 saturated carbocycles. The molecule has 0 unspecified atom stereocenters. The third-order valence-electron chi connectivity index (χ3n) is 3.74. The van der Waals surface area contributed by atoms with Gasteiger partial charge in [-0.15, -0.1) is 0 Å². The molecule has 17 heavy (non-hydrogen) atoms. The Balaban J connectivity index is 1.83. The van der Waals surface area contributed by atoms with Crippen molar-refractivity contribution in [3.05, 3.63) is 22.4 Å². The molecule has 1 N–H and O–H groups in total. The zero-order valence-electron chi connectivity index (χ0n) is 10.7. The van der Waals surface area contributed by atoms with Crippen molar-refractivity contribution in [1.82, 2.24) is 4.98 Å². The Morgan fingerprint density at radius 2 is 2.06 bits per heavy atom. The van der Waals surface area contributed by atoms with E-state index in [1.165, 1.54) is 31.2 Å². The summed E-state index contributed by atoms with van der Waals surface area (Å²) >= 11 is 3.42. The van der Waals surface area contributed by atoms with Gasteiger partial charge in [0.15, 0.2) is 0 Å². The van der Waals surface area contributed by atoms with Crippen LogP contribution in [0, 0.1) is 18.8 Å². The van der Waals surface area contributed by atoms with Gasteiger partial charge in [0.1, 0.15) is 4.60 Å². The Bertz CT molecular complexity index is 370. The average Bonchev–Trinajstić information content (AvgIpc) is 2.33. The number of hydrogen-bond donors (Lipinski definition) is 1. The maximum absolute atomic E-state index is 4.31. The second kappa shape index (κ2) is 5.85. The molecule has 0 aromatic carbocycles. The Labute approximate surface area is 112 Å². The van der Waals surface area contributed by atoms with Gasteiger partial charge < -0.3 is 5.32 Å². The summed E-state index contributed by atoms with van der Waals surface area (Å²) in [6, 6.07) is 2.16. The molecule has 1 aromatic rings. The number of nitrogens with one attached hydrogen (secondary N) is 1. The summed E-state index contributed by atoms with van der Waals surface area (Å²) in [6.45, 7) is 5.53. The van der Waals surface area contributed by atoms with Gasteiger partial charge in [-0.25, -0.2) is 4.98 Å². The van der Waals surface area contributed by atoms with Crippen molar-refractivity contribution >= 4 is 21.6 Å². The lowest BCUT2D eigenvalue weighted by Gasteiger charge is -2.26. The van der Waals surface area contributed by atoms with Crippen molar-refractivity contribution in [3.8, 4) is 0 Å². The summed E-state index contributed by atoms with van der Waals surface area (Å²) in [4.78, 5) is 4.31. The topological polar surface area (TPSA) is 24.9 Å². The molecule has 0 radical (unpaired) electrons. The molecule has 3 heteroatoms. The highest BCUT2D eigenvalue weighted by Gasteiger charge is 2.17. The molecular formula is C14H21BrN2. The molecule has 1 aliphatic carbocycles. The van der Waals surface area contributed by atoms with Crippen LogP contribution in [0.3, 0.4) is 0 Å². The van der Waals surface area contributed by atoms with E-state index in [1.807, 2.05) is 6.20 Å². The SMILES string of the molecule is Cc1cc(NCC2CCC(C)CC2)cnc1Br. The molecule has 0 amide bonds. The van der Waals surface area contributed by atoms with E-state index in [4.69, 9.17) is 0 Å². The van der Waals surface area contributed by atoms with Crippen molar-refractivity contribution in [1.29, 1.82) is 0 Å². The number of halogens is 1. The lowest BCUT2D eigenvalue weighted by molar-refractivity contribution is 0.300. The monoisotopic (exact) mass is 296 g/mol. The molecule has 94 valence electrons. The Morgan fingerprint density at radius 3 is 2.71 bits per heavy atom. The van der Waals surface area contributed by atoms with E-state index in [9.17, 15) is 0 Å². The number of pyridine rings is 1. The normalized spacial score (nSPS) is 24.6. The van der Waals surface area contributed by atoms with Crippen LogP contribution in [0.4, 0.5) is 5.69 Å². The number of aryl methyl sites for hydroxylation is 1. The zero-order chi connectivity index (χ0) is 12.3. The lowest BCUT2D eigenvalue weighted by atomic mass is 9.83. The number of aromatic nitrogens is 1. The highest BCUT2D eigenvalue weighted by molar-refractivity contribution is 9.10. The molecule has 0 spiro atoms. The first kappa shape index (κ1) is 12.9. The highest BCUT2D eigenvalue weighted by atomic mass is 79.9. The minimum Gasteiger partial charge on any atom is -0.384 e.